The highest BCUT2D eigenvalue weighted by molar-refractivity contribution is 5.95. The first kappa shape index (κ1) is 8.99. The van der Waals surface area contributed by atoms with Gasteiger partial charge in [0.25, 0.3) is 0 Å². The Hall–Kier alpha value is -1.58. The molecule has 74 valence electrons. The van der Waals surface area contributed by atoms with Crippen LogP contribution in [0.4, 0.5) is 10.1 Å². The van der Waals surface area contributed by atoms with Crippen LogP contribution in [-0.4, -0.2) is 11.1 Å². The molecule has 0 amide bonds. The lowest BCUT2D eigenvalue weighted by molar-refractivity contribution is 0.0696. The standard InChI is InChI=1S/C10H10FNO2/c11-6-3-4-7(12)9(10(13)14)8(6)5-1-2-5/h3-5H,1-2,12H2,(H,13,14). The predicted molar refractivity (Wildman–Crippen MR) is 49.7 cm³/mol. The highest BCUT2D eigenvalue weighted by atomic mass is 19.1. The van der Waals surface area contributed by atoms with Gasteiger partial charge in [0, 0.05) is 11.3 Å². The lowest BCUT2D eigenvalue weighted by Gasteiger charge is -2.08. The molecule has 1 aromatic rings. The van der Waals surface area contributed by atoms with Crippen molar-refractivity contribution in [3.8, 4) is 0 Å². The van der Waals surface area contributed by atoms with Gasteiger partial charge >= 0.3 is 5.97 Å². The summed E-state index contributed by atoms with van der Waals surface area (Å²) in [5.41, 5.74) is 5.86. The maximum atomic E-state index is 13.4. The number of carboxylic acids is 1. The first-order chi connectivity index (χ1) is 6.61. The molecule has 0 heterocycles. The molecule has 1 saturated carbocycles. The number of nitrogen functional groups attached to an aromatic ring is 1. The van der Waals surface area contributed by atoms with E-state index in [1.807, 2.05) is 0 Å². The van der Waals surface area contributed by atoms with Crippen molar-refractivity contribution in [2.45, 2.75) is 18.8 Å². The maximum Gasteiger partial charge on any atom is 0.338 e. The summed E-state index contributed by atoms with van der Waals surface area (Å²) >= 11 is 0. The zero-order valence-electron chi connectivity index (χ0n) is 7.46. The van der Waals surface area contributed by atoms with Gasteiger partial charge in [-0.05, 0) is 30.9 Å². The quantitative estimate of drug-likeness (QED) is 0.709. The molecule has 0 aromatic heterocycles. The highest BCUT2D eigenvalue weighted by Gasteiger charge is 2.32. The Morgan fingerprint density at radius 3 is 2.64 bits per heavy atom. The Balaban J connectivity index is 2.62. The summed E-state index contributed by atoms with van der Waals surface area (Å²) in [6, 6.07) is 2.53. The van der Waals surface area contributed by atoms with Crippen LogP contribution in [0.1, 0.15) is 34.7 Å². The topological polar surface area (TPSA) is 63.3 Å². The van der Waals surface area contributed by atoms with E-state index in [1.54, 1.807) is 0 Å². The summed E-state index contributed by atoms with van der Waals surface area (Å²) in [6.45, 7) is 0. The van der Waals surface area contributed by atoms with Crippen molar-refractivity contribution >= 4 is 11.7 Å². The monoisotopic (exact) mass is 195 g/mol. The molecule has 14 heavy (non-hydrogen) atoms. The molecule has 3 N–H and O–H groups in total. The SMILES string of the molecule is Nc1ccc(F)c(C2CC2)c1C(=O)O. The minimum atomic E-state index is -1.15. The fourth-order valence-electron chi connectivity index (χ4n) is 1.62. The van der Waals surface area contributed by atoms with E-state index in [1.165, 1.54) is 12.1 Å². The van der Waals surface area contributed by atoms with Gasteiger partial charge in [0.05, 0.1) is 5.56 Å². The summed E-state index contributed by atoms with van der Waals surface area (Å²) in [7, 11) is 0. The van der Waals surface area contributed by atoms with Gasteiger partial charge < -0.3 is 10.8 Å². The number of benzene rings is 1. The largest absolute Gasteiger partial charge is 0.478 e. The molecule has 0 spiro atoms. The smallest absolute Gasteiger partial charge is 0.338 e. The number of hydrogen-bond acceptors (Lipinski definition) is 2. The molecule has 2 rings (SSSR count). The summed E-state index contributed by atoms with van der Waals surface area (Å²) < 4.78 is 13.4. The van der Waals surface area contributed by atoms with Gasteiger partial charge in [-0.3, -0.25) is 0 Å². The Kier molecular flexibility index (Phi) is 1.91. The first-order valence-electron chi connectivity index (χ1n) is 4.42. The van der Waals surface area contributed by atoms with Crippen LogP contribution in [-0.2, 0) is 0 Å². The average molecular weight is 195 g/mol. The number of halogens is 1. The van der Waals surface area contributed by atoms with Crippen LogP contribution in [0.3, 0.4) is 0 Å². The minimum absolute atomic E-state index is 0.0459. The second-order valence-electron chi connectivity index (χ2n) is 3.50. The second-order valence-corrected chi connectivity index (χ2v) is 3.50. The maximum absolute atomic E-state index is 13.4. The second kappa shape index (κ2) is 2.97. The van der Waals surface area contributed by atoms with Gasteiger partial charge in [-0.2, -0.15) is 0 Å². The lowest BCUT2D eigenvalue weighted by atomic mass is 10.0. The van der Waals surface area contributed by atoms with E-state index < -0.39 is 11.8 Å². The van der Waals surface area contributed by atoms with E-state index in [4.69, 9.17) is 10.8 Å². The molecule has 0 unspecified atom stereocenters. The fraction of sp³-hybridized carbons (Fsp3) is 0.300. The highest BCUT2D eigenvalue weighted by Crippen LogP contribution is 2.44. The Labute approximate surface area is 80.3 Å². The number of carboxylic acid groups (broad SMARTS) is 1. The number of carbonyl (C=O) groups is 1. The van der Waals surface area contributed by atoms with Gasteiger partial charge in [-0.1, -0.05) is 0 Å². The van der Waals surface area contributed by atoms with E-state index in [2.05, 4.69) is 0 Å². The molecule has 1 aromatic carbocycles. The van der Waals surface area contributed by atoms with Crippen LogP contribution in [0.5, 0.6) is 0 Å². The van der Waals surface area contributed by atoms with Crippen molar-refractivity contribution in [1.82, 2.24) is 0 Å². The summed E-state index contributed by atoms with van der Waals surface area (Å²) in [5, 5.41) is 8.90. The van der Waals surface area contributed by atoms with Crippen molar-refractivity contribution in [3.05, 3.63) is 29.1 Å². The summed E-state index contributed by atoms with van der Waals surface area (Å²) in [4.78, 5) is 10.9. The van der Waals surface area contributed by atoms with Crippen LogP contribution < -0.4 is 5.73 Å². The van der Waals surface area contributed by atoms with Gasteiger partial charge in [0.15, 0.2) is 0 Å². The molecule has 0 saturated heterocycles. The van der Waals surface area contributed by atoms with Crippen LogP contribution in [0.25, 0.3) is 0 Å². The van der Waals surface area contributed by atoms with Crippen molar-refractivity contribution in [1.29, 1.82) is 0 Å². The fourth-order valence-corrected chi connectivity index (χ4v) is 1.62. The Morgan fingerprint density at radius 1 is 1.50 bits per heavy atom. The predicted octanol–water partition coefficient (Wildman–Crippen LogP) is 1.98. The average Bonchev–Trinajstić information content (AvgIpc) is 2.91. The summed E-state index contributed by atoms with van der Waals surface area (Å²) in [5.74, 6) is -1.56. The molecule has 0 radical (unpaired) electrons. The number of hydrogen-bond donors (Lipinski definition) is 2. The van der Waals surface area contributed by atoms with E-state index in [0.29, 0.717) is 0 Å². The number of aromatic carboxylic acids is 1. The first-order valence-corrected chi connectivity index (χ1v) is 4.42. The van der Waals surface area contributed by atoms with Crippen molar-refractivity contribution < 1.29 is 14.3 Å². The number of rotatable bonds is 2. The van der Waals surface area contributed by atoms with Crippen LogP contribution in [0.15, 0.2) is 12.1 Å². The van der Waals surface area contributed by atoms with Gasteiger partial charge in [-0.25, -0.2) is 9.18 Å². The molecule has 1 aliphatic rings. The Bertz CT molecular complexity index is 399. The van der Waals surface area contributed by atoms with Gasteiger partial charge in [-0.15, -0.1) is 0 Å². The molecule has 0 atom stereocenters. The third-order valence-electron chi connectivity index (χ3n) is 2.42. The molecule has 0 aliphatic heterocycles. The number of nitrogens with two attached hydrogens (primary N) is 1. The zero-order valence-corrected chi connectivity index (χ0v) is 7.46. The molecule has 1 fully saturated rings. The molecule has 3 nitrogen and oxygen atoms in total. The van der Waals surface area contributed by atoms with Crippen molar-refractivity contribution in [2.75, 3.05) is 5.73 Å². The zero-order chi connectivity index (χ0) is 10.3. The van der Waals surface area contributed by atoms with E-state index in [0.717, 1.165) is 12.8 Å². The summed E-state index contributed by atoms with van der Waals surface area (Å²) in [6.07, 6.45) is 1.70. The number of anilines is 1. The normalized spacial score (nSPS) is 15.5. The van der Waals surface area contributed by atoms with Gasteiger partial charge in [0.1, 0.15) is 5.82 Å². The molecule has 4 heteroatoms. The minimum Gasteiger partial charge on any atom is -0.478 e. The van der Waals surface area contributed by atoms with E-state index in [9.17, 15) is 9.18 Å². The van der Waals surface area contributed by atoms with E-state index in [-0.39, 0.29) is 22.7 Å². The van der Waals surface area contributed by atoms with Crippen LogP contribution in [0.2, 0.25) is 0 Å². The molecule has 0 bridgehead atoms. The van der Waals surface area contributed by atoms with Crippen molar-refractivity contribution in [2.24, 2.45) is 0 Å². The Morgan fingerprint density at radius 2 is 2.14 bits per heavy atom. The lowest BCUT2D eigenvalue weighted by Crippen LogP contribution is -2.08. The molecular formula is C10H10FNO2. The van der Waals surface area contributed by atoms with Gasteiger partial charge in [0.2, 0.25) is 0 Å². The van der Waals surface area contributed by atoms with Crippen LogP contribution >= 0.6 is 0 Å². The molecule has 1 aliphatic carbocycles. The van der Waals surface area contributed by atoms with E-state index >= 15 is 0 Å². The third kappa shape index (κ3) is 1.32. The third-order valence-corrected chi connectivity index (χ3v) is 2.42. The molecular weight excluding hydrogens is 185 g/mol. The van der Waals surface area contributed by atoms with Crippen molar-refractivity contribution in [3.63, 3.8) is 0 Å². The van der Waals surface area contributed by atoms with Crippen LogP contribution in [0, 0.1) is 5.82 Å².